The number of hydrogen-bond donors (Lipinski definition) is 2. The van der Waals surface area contributed by atoms with Gasteiger partial charge >= 0.3 is 0 Å². The van der Waals surface area contributed by atoms with Gasteiger partial charge in [-0.05, 0) is 31.7 Å². The second-order valence-electron chi connectivity index (χ2n) is 4.83. The van der Waals surface area contributed by atoms with Crippen LogP contribution in [0.1, 0.15) is 25.3 Å². The van der Waals surface area contributed by atoms with Crippen LogP contribution >= 0.6 is 0 Å². The summed E-state index contributed by atoms with van der Waals surface area (Å²) in [5.74, 6) is -0.246. The van der Waals surface area contributed by atoms with Crippen molar-refractivity contribution in [3.8, 4) is 0 Å². The fourth-order valence-electron chi connectivity index (χ4n) is 1.88. The number of halogens is 1. The van der Waals surface area contributed by atoms with Crippen molar-refractivity contribution in [1.82, 2.24) is 5.32 Å². The Morgan fingerprint density at radius 1 is 1.53 bits per heavy atom. The molecule has 1 amide bonds. The van der Waals surface area contributed by atoms with E-state index in [1.165, 1.54) is 6.07 Å². The Morgan fingerprint density at radius 3 is 2.76 bits per heavy atom. The van der Waals surface area contributed by atoms with Crippen LogP contribution < -0.4 is 11.1 Å². The summed E-state index contributed by atoms with van der Waals surface area (Å²) in [5, 5.41) is 2.70. The Balaban J connectivity index is 1.94. The average Bonchev–Trinajstić information content (AvgIpc) is 3.11. The van der Waals surface area contributed by atoms with E-state index in [9.17, 15) is 9.18 Å². The Morgan fingerprint density at radius 2 is 2.18 bits per heavy atom. The van der Waals surface area contributed by atoms with E-state index in [0.717, 1.165) is 12.8 Å². The van der Waals surface area contributed by atoms with Crippen LogP contribution in [0.25, 0.3) is 0 Å². The van der Waals surface area contributed by atoms with Crippen molar-refractivity contribution >= 4 is 5.91 Å². The van der Waals surface area contributed by atoms with Gasteiger partial charge in [0.15, 0.2) is 0 Å². The molecule has 3 N–H and O–H groups in total. The number of carbonyl (C=O) groups excluding carboxylic acids is 1. The van der Waals surface area contributed by atoms with E-state index >= 15 is 0 Å². The maximum atomic E-state index is 13.3. The standard InChI is InChI=1S/C13H17FN2O/c1-13(15,10-6-7-10)12(17)16-8-9-4-2-3-5-11(9)14/h2-5,10H,6-8,15H2,1H3,(H,16,17). The highest BCUT2D eigenvalue weighted by Gasteiger charge is 2.43. The van der Waals surface area contributed by atoms with Crippen LogP contribution in [0.3, 0.4) is 0 Å². The lowest BCUT2D eigenvalue weighted by atomic mass is 9.96. The molecule has 1 aliphatic rings. The Labute approximate surface area is 100 Å². The number of amides is 1. The van der Waals surface area contributed by atoms with Crippen molar-refractivity contribution in [2.24, 2.45) is 11.7 Å². The van der Waals surface area contributed by atoms with E-state index in [2.05, 4.69) is 5.32 Å². The maximum absolute atomic E-state index is 13.3. The van der Waals surface area contributed by atoms with Crippen molar-refractivity contribution in [2.45, 2.75) is 31.8 Å². The smallest absolute Gasteiger partial charge is 0.240 e. The van der Waals surface area contributed by atoms with Gasteiger partial charge in [-0.2, -0.15) is 0 Å². The lowest BCUT2D eigenvalue weighted by Gasteiger charge is -2.23. The van der Waals surface area contributed by atoms with Crippen LogP contribution in [0.5, 0.6) is 0 Å². The molecule has 0 heterocycles. The highest BCUT2D eigenvalue weighted by molar-refractivity contribution is 5.86. The minimum atomic E-state index is -0.828. The number of nitrogens with two attached hydrogens (primary N) is 1. The van der Waals surface area contributed by atoms with Crippen LogP contribution in [-0.4, -0.2) is 11.4 Å². The van der Waals surface area contributed by atoms with Gasteiger partial charge < -0.3 is 11.1 Å². The third-order valence-corrected chi connectivity index (χ3v) is 3.31. The zero-order valence-corrected chi connectivity index (χ0v) is 9.87. The van der Waals surface area contributed by atoms with Gasteiger partial charge in [-0.1, -0.05) is 18.2 Å². The van der Waals surface area contributed by atoms with Crippen LogP contribution in [0.4, 0.5) is 4.39 Å². The predicted molar refractivity (Wildman–Crippen MR) is 63.6 cm³/mol. The molecule has 2 rings (SSSR count). The van der Waals surface area contributed by atoms with Gasteiger partial charge in [0.05, 0.1) is 5.54 Å². The highest BCUT2D eigenvalue weighted by Crippen LogP contribution is 2.38. The van der Waals surface area contributed by atoms with Crippen molar-refractivity contribution in [3.63, 3.8) is 0 Å². The summed E-state index contributed by atoms with van der Waals surface area (Å²) < 4.78 is 13.3. The molecule has 0 radical (unpaired) electrons. The molecule has 4 heteroatoms. The molecule has 1 unspecified atom stereocenters. The van der Waals surface area contributed by atoms with Gasteiger partial charge in [0, 0.05) is 12.1 Å². The third kappa shape index (κ3) is 2.64. The van der Waals surface area contributed by atoms with E-state index in [1.54, 1.807) is 25.1 Å². The topological polar surface area (TPSA) is 55.1 Å². The van der Waals surface area contributed by atoms with E-state index in [0.29, 0.717) is 5.56 Å². The van der Waals surface area contributed by atoms with Gasteiger partial charge in [-0.25, -0.2) is 4.39 Å². The Bertz CT molecular complexity index is 427. The quantitative estimate of drug-likeness (QED) is 0.833. The minimum absolute atomic E-state index is 0.186. The van der Waals surface area contributed by atoms with E-state index < -0.39 is 5.54 Å². The second kappa shape index (κ2) is 4.45. The third-order valence-electron chi connectivity index (χ3n) is 3.31. The van der Waals surface area contributed by atoms with E-state index in [1.807, 2.05) is 0 Å². The average molecular weight is 236 g/mol. The SMILES string of the molecule is CC(N)(C(=O)NCc1ccccc1F)C1CC1. The molecule has 0 aliphatic heterocycles. The summed E-state index contributed by atoms with van der Waals surface area (Å²) in [5.41, 5.74) is 5.61. The zero-order chi connectivity index (χ0) is 12.5. The van der Waals surface area contributed by atoms with Crippen molar-refractivity contribution < 1.29 is 9.18 Å². The molecular formula is C13H17FN2O. The molecule has 0 spiro atoms. The number of rotatable bonds is 4. The van der Waals surface area contributed by atoms with Crippen molar-refractivity contribution in [2.75, 3.05) is 0 Å². The highest BCUT2D eigenvalue weighted by atomic mass is 19.1. The predicted octanol–water partition coefficient (Wildman–Crippen LogP) is 1.57. The summed E-state index contributed by atoms with van der Waals surface area (Å²) in [4.78, 5) is 11.9. The molecule has 0 aromatic heterocycles. The monoisotopic (exact) mass is 236 g/mol. The van der Waals surface area contributed by atoms with Gasteiger partial charge in [-0.15, -0.1) is 0 Å². The van der Waals surface area contributed by atoms with Crippen LogP contribution in [0.2, 0.25) is 0 Å². The summed E-state index contributed by atoms with van der Waals surface area (Å²) in [6.07, 6.45) is 2.00. The van der Waals surface area contributed by atoms with E-state index in [4.69, 9.17) is 5.73 Å². The molecule has 0 saturated heterocycles. The van der Waals surface area contributed by atoms with Crippen LogP contribution in [0, 0.1) is 11.7 Å². The minimum Gasteiger partial charge on any atom is -0.350 e. The molecule has 1 aliphatic carbocycles. The second-order valence-corrected chi connectivity index (χ2v) is 4.83. The van der Waals surface area contributed by atoms with Crippen LogP contribution in [-0.2, 0) is 11.3 Å². The molecule has 1 aromatic rings. The maximum Gasteiger partial charge on any atom is 0.240 e. The molecule has 3 nitrogen and oxygen atoms in total. The van der Waals surface area contributed by atoms with Gasteiger partial charge in [-0.3, -0.25) is 4.79 Å². The van der Waals surface area contributed by atoms with Crippen molar-refractivity contribution in [3.05, 3.63) is 35.6 Å². The summed E-state index contributed by atoms with van der Waals surface area (Å²) in [7, 11) is 0. The first-order chi connectivity index (χ1) is 8.01. The Kier molecular flexibility index (Phi) is 3.15. The van der Waals surface area contributed by atoms with Gasteiger partial charge in [0.2, 0.25) is 5.91 Å². The molecule has 1 atom stereocenters. The molecule has 17 heavy (non-hydrogen) atoms. The largest absolute Gasteiger partial charge is 0.350 e. The normalized spacial score (nSPS) is 18.5. The number of hydrogen-bond acceptors (Lipinski definition) is 2. The fourth-order valence-corrected chi connectivity index (χ4v) is 1.88. The summed E-state index contributed by atoms with van der Waals surface area (Å²) in [6.45, 7) is 1.92. The van der Waals surface area contributed by atoms with Crippen LogP contribution in [0.15, 0.2) is 24.3 Å². The lowest BCUT2D eigenvalue weighted by Crippen LogP contribution is -2.53. The number of carbonyl (C=O) groups is 1. The number of benzene rings is 1. The molecule has 92 valence electrons. The first kappa shape index (κ1) is 12.0. The van der Waals surface area contributed by atoms with Gasteiger partial charge in [0.1, 0.15) is 5.82 Å². The molecule has 1 fully saturated rings. The number of nitrogens with one attached hydrogen (secondary N) is 1. The fraction of sp³-hybridized carbons (Fsp3) is 0.462. The van der Waals surface area contributed by atoms with E-state index in [-0.39, 0.29) is 24.2 Å². The molecular weight excluding hydrogens is 219 g/mol. The van der Waals surface area contributed by atoms with Gasteiger partial charge in [0.25, 0.3) is 0 Å². The molecule has 1 saturated carbocycles. The lowest BCUT2D eigenvalue weighted by molar-refractivity contribution is -0.126. The Hall–Kier alpha value is -1.42. The van der Waals surface area contributed by atoms with Crippen molar-refractivity contribution in [1.29, 1.82) is 0 Å². The molecule has 0 bridgehead atoms. The zero-order valence-electron chi connectivity index (χ0n) is 9.87. The summed E-state index contributed by atoms with van der Waals surface area (Å²) >= 11 is 0. The molecule has 1 aromatic carbocycles. The first-order valence-electron chi connectivity index (χ1n) is 5.82. The first-order valence-corrected chi connectivity index (χ1v) is 5.82. The summed E-state index contributed by atoms with van der Waals surface area (Å²) in [6, 6.07) is 6.40.